The molecular weight excluding hydrogens is 488 g/mol. The maximum atomic E-state index is 12.2. The number of nitrogens with zero attached hydrogens (tertiary/aromatic N) is 2. The molecular formula is C21H24N2O13. The van der Waals surface area contributed by atoms with Crippen LogP contribution in [0.25, 0.3) is 0 Å². The van der Waals surface area contributed by atoms with Crippen LogP contribution < -0.4 is 9.47 Å². The zero-order valence-electron chi connectivity index (χ0n) is 18.9. The molecule has 0 bridgehead atoms. The second kappa shape index (κ2) is 14.7. The van der Waals surface area contributed by atoms with Crippen molar-refractivity contribution in [2.45, 2.75) is 19.4 Å². The van der Waals surface area contributed by atoms with E-state index in [9.17, 15) is 14.4 Å². The minimum atomic E-state index is -1.14. The van der Waals surface area contributed by atoms with Crippen molar-refractivity contribution >= 4 is 17.9 Å². The van der Waals surface area contributed by atoms with E-state index in [2.05, 4.69) is 9.68 Å². The number of rotatable bonds is 14. The third-order valence-electron chi connectivity index (χ3n) is 4.10. The number of para-hydroxylation sites is 1. The molecule has 0 aliphatic carbocycles. The van der Waals surface area contributed by atoms with Gasteiger partial charge in [-0.1, -0.05) is 24.3 Å². The number of carbonyl (C=O) groups is 3. The summed E-state index contributed by atoms with van der Waals surface area (Å²) in [6, 6.07) is 12.1. The Bertz CT molecular complexity index is 998. The third kappa shape index (κ3) is 10.7. The molecule has 0 radical (unpaired) electrons. The third-order valence-corrected chi connectivity index (χ3v) is 4.10. The Hall–Kier alpha value is -3.67. The lowest BCUT2D eigenvalue weighted by Crippen LogP contribution is -2.35. The highest BCUT2D eigenvalue weighted by Gasteiger charge is 2.17. The maximum absolute atomic E-state index is 12.2. The summed E-state index contributed by atoms with van der Waals surface area (Å²) in [6.45, 7) is -0.247. The highest BCUT2D eigenvalue weighted by Crippen LogP contribution is 2.19. The molecule has 0 amide bonds. The van der Waals surface area contributed by atoms with Gasteiger partial charge in [-0.2, -0.15) is 0 Å². The van der Waals surface area contributed by atoms with E-state index >= 15 is 0 Å². The Balaban J connectivity index is 1.78. The molecule has 1 atom stereocenters. The van der Waals surface area contributed by atoms with Gasteiger partial charge >= 0.3 is 17.9 Å². The fourth-order valence-corrected chi connectivity index (χ4v) is 2.61. The van der Waals surface area contributed by atoms with Crippen LogP contribution in [-0.4, -0.2) is 75.6 Å². The van der Waals surface area contributed by atoms with Crippen molar-refractivity contribution < 1.29 is 63.8 Å². The molecule has 0 aliphatic heterocycles. The molecule has 0 fully saturated rings. The van der Waals surface area contributed by atoms with E-state index in [1.807, 2.05) is 0 Å². The van der Waals surface area contributed by atoms with E-state index in [0.717, 1.165) is 0 Å². The predicted molar refractivity (Wildman–Crippen MR) is 111 cm³/mol. The van der Waals surface area contributed by atoms with Gasteiger partial charge in [-0.05, 0) is 29.8 Å². The molecule has 15 nitrogen and oxygen atoms in total. The quantitative estimate of drug-likeness (QED) is 0.122. The van der Waals surface area contributed by atoms with Gasteiger partial charge in [0.05, 0.1) is 17.2 Å². The van der Waals surface area contributed by atoms with Crippen molar-refractivity contribution in [2.24, 2.45) is 0 Å². The van der Waals surface area contributed by atoms with Gasteiger partial charge in [0, 0.05) is 6.92 Å². The highest BCUT2D eigenvalue weighted by atomic mass is 17.1. The zero-order valence-corrected chi connectivity index (χ0v) is 18.9. The van der Waals surface area contributed by atoms with Gasteiger partial charge in [0.25, 0.3) is 0 Å². The van der Waals surface area contributed by atoms with Crippen molar-refractivity contribution in [3.63, 3.8) is 0 Å². The van der Waals surface area contributed by atoms with Crippen LogP contribution in [0.15, 0.2) is 48.5 Å². The van der Waals surface area contributed by atoms with Crippen LogP contribution in [0.2, 0.25) is 0 Å². The normalized spacial score (nSPS) is 11.8. The number of hydrogen-bond donors (Lipinski definition) is 4. The Morgan fingerprint density at radius 1 is 0.889 bits per heavy atom. The number of esters is 3. The Morgan fingerprint density at radius 2 is 1.58 bits per heavy atom. The van der Waals surface area contributed by atoms with Gasteiger partial charge in [0.15, 0.2) is 0 Å². The van der Waals surface area contributed by atoms with E-state index in [4.69, 9.17) is 39.8 Å². The van der Waals surface area contributed by atoms with Gasteiger partial charge in [-0.3, -0.25) is 30.4 Å². The Kier molecular flexibility index (Phi) is 11.6. The highest BCUT2D eigenvalue weighted by molar-refractivity contribution is 5.93. The van der Waals surface area contributed by atoms with Gasteiger partial charge < -0.3 is 18.9 Å². The molecule has 196 valence electrons. The van der Waals surface area contributed by atoms with E-state index in [1.54, 1.807) is 24.3 Å². The second-order valence-electron chi connectivity index (χ2n) is 6.82. The predicted octanol–water partition coefficient (Wildman–Crippen LogP) is 1.28. The Morgan fingerprint density at radius 3 is 2.22 bits per heavy atom. The summed E-state index contributed by atoms with van der Waals surface area (Å²) >= 11 is 0. The lowest BCUT2D eigenvalue weighted by atomic mass is 10.1. The summed E-state index contributed by atoms with van der Waals surface area (Å²) in [5.41, 5.74) is 0.539. The molecule has 0 heterocycles. The first-order valence-corrected chi connectivity index (χ1v) is 10.1. The van der Waals surface area contributed by atoms with Crippen molar-refractivity contribution in [3.05, 3.63) is 59.7 Å². The van der Waals surface area contributed by atoms with Crippen LogP contribution in [0.1, 0.15) is 22.8 Å². The topological polar surface area (TPSA) is 194 Å². The van der Waals surface area contributed by atoms with Gasteiger partial charge in [0.1, 0.15) is 36.4 Å². The van der Waals surface area contributed by atoms with Crippen molar-refractivity contribution in [3.8, 4) is 11.5 Å². The van der Waals surface area contributed by atoms with Crippen molar-refractivity contribution in [1.82, 2.24) is 10.8 Å². The fourth-order valence-electron chi connectivity index (χ4n) is 2.61. The molecule has 4 N–H and O–H groups in total. The summed E-state index contributed by atoms with van der Waals surface area (Å²) in [5, 5.41) is 33.4. The second-order valence-corrected chi connectivity index (χ2v) is 6.82. The molecule has 2 aromatic rings. The first kappa shape index (κ1) is 28.6. The average Bonchev–Trinajstić information content (AvgIpc) is 2.81. The molecule has 0 saturated carbocycles. The molecule has 2 aromatic carbocycles. The van der Waals surface area contributed by atoms with E-state index in [-0.39, 0.29) is 24.3 Å². The van der Waals surface area contributed by atoms with Crippen molar-refractivity contribution in [1.29, 1.82) is 0 Å². The SMILES string of the molecule is CC(=O)Oc1ccccc1C(=O)OCOC(=O)Cc1ccc(OCC(CON(O)O)ON(O)O)cc1. The average molecular weight is 512 g/mol. The summed E-state index contributed by atoms with van der Waals surface area (Å²) in [6.07, 6.45) is -1.28. The van der Waals surface area contributed by atoms with Crippen LogP contribution in [0.5, 0.6) is 11.5 Å². The van der Waals surface area contributed by atoms with Gasteiger partial charge in [0.2, 0.25) is 6.79 Å². The maximum Gasteiger partial charge on any atom is 0.344 e. The molecule has 2 rings (SSSR count). The standard InChI is InChI=1S/C21H24N2O13/c1-14(24)35-19-5-3-2-4-18(19)21(26)33-13-32-20(25)10-15-6-8-16(9-7-15)31-11-17(36-23(29)30)12-34-22(27)28/h2-9,17,27-30H,10-13H2,1H3. The number of carbonyl (C=O) groups excluding carboxylic acids is 3. The molecule has 36 heavy (non-hydrogen) atoms. The monoisotopic (exact) mass is 512 g/mol. The molecule has 0 aromatic heterocycles. The zero-order chi connectivity index (χ0) is 26.5. The minimum Gasteiger partial charge on any atom is -0.491 e. The lowest BCUT2D eigenvalue weighted by molar-refractivity contribution is -0.527. The number of hydrogen-bond acceptors (Lipinski definition) is 15. The van der Waals surface area contributed by atoms with Crippen LogP contribution in [0.4, 0.5) is 0 Å². The first-order valence-electron chi connectivity index (χ1n) is 10.1. The largest absolute Gasteiger partial charge is 0.491 e. The van der Waals surface area contributed by atoms with Crippen molar-refractivity contribution in [2.75, 3.05) is 20.0 Å². The summed E-state index contributed by atoms with van der Waals surface area (Å²) in [7, 11) is 0. The molecule has 0 saturated heterocycles. The van der Waals surface area contributed by atoms with Crippen LogP contribution in [0.3, 0.4) is 0 Å². The summed E-state index contributed by atoms with van der Waals surface area (Å²) in [5.74, 6) is -1.80. The molecule has 0 spiro atoms. The first-order chi connectivity index (χ1) is 17.1. The number of ether oxygens (including phenoxy) is 4. The smallest absolute Gasteiger partial charge is 0.344 e. The fraction of sp³-hybridized carbons (Fsp3) is 0.286. The molecule has 15 heteroatoms. The summed E-state index contributed by atoms with van der Waals surface area (Å²) in [4.78, 5) is 44.2. The van der Waals surface area contributed by atoms with Crippen LogP contribution in [-0.2, 0) is 35.2 Å². The van der Waals surface area contributed by atoms with Crippen LogP contribution >= 0.6 is 0 Å². The van der Waals surface area contributed by atoms with Gasteiger partial charge in [-0.25, -0.2) is 14.5 Å². The Labute approximate surface area is 203 Å². The van der Waals surface area contributed by atoms with E-state index < -0.39 is 48.2 Å². The number of benzene rings is 2. The lowest BCUT2D eigenvalue weighted by Gasteiger charge is -2.19. The van der Waals surface area contributed by atoms with E-state index in [1.165, 1.54) is 31.2 Å². The molecule has 0 aliphatic rings. The molecule has 1 unspecified atom stereocenters. The van der Waals surface area contributed by atoms with Crippen LogP contribution in [0, 0.1) is 0 Å². The van der Waals surface area contributed by atoms with Gasteiger partial charge in [-0.15, -0.1) is 0 Å². The minimum absolute atomic E-state index is 0.00530. The summed E-state index contributed by atoms with van der Waals surface area (Å²) < 4.78 is 20.1. The van der Waals surface area contributed by atoms with E-state index in [0.29, 0.717) is 11.3 Å².